The lowest BCUT2D eigenvalue weighted by Crippen LogP contribution is -2.17. The highest BCUT2D eigenvalue weighted by Crippen LogP contribution is 2.32. The zero-order chi connectivity index (χ0) is 14.4. The quantitative estimate of drug-likeness (QED) is 0.856. The van der Waals surface area contributed by atoms with Gasteiger partial charge in [-0.1, -0.05) is 0 Å². The van der Waals surface area contributed by atoms with E-state index in [0.717, 1.165) is 10.6 Å². The number of anilines is 1. The molecule has 1 unspecified atom stereocenters. The van der Waals surface area contributed by atoms with Crippen molar-refractivity contribution in [2.45, 2.75) is 25.6 Å². The second-order valence-corrected chi connectivity index (χ2v) is 4.26. The lowest BCUT2D eigenvalue weighted by molar-refractivity contribution is -0.141. The van der Waals surface area contributed by atoms with E-state index in [4.69, 9.17) is 5.73 Å². The Morgan fingerprint density at radius 3 is 2.53 bits per heavy atom. The van der Waals surface area contributed by atoms with Gasteiger partial charge in [-0.05, 0) is 6.92 Å². The van der Waals surface area contributed by atoms with Crippen molar-refractivity contribution >= 4 is 17.0 Å². The number of fused-ring (bicyclic) bond motifs is 1. The number of rotatable bonds is 2. The summed E-state index contributed by atoms with van der Waals surface area (Å²) in [5, 5.41) is 0. The fraction of sp³-hybridized carbons (Fsp3) is 0.364. The van der Waals surface area contributed by atoms with Crippen LogP contribution in [0, 0.1) is 11.6 Å². The Labute approximate surface area is 104 Å². The molecule has 0 saturated carbocycles. The maximum absolute atomic E-state index is 13.4. The van der Waals surface area contributed by atoms with Gasteiger partial charge in [0.2, 0.25) is 5.95 Å². The van der Waals surface area contributed by atoms with Crippen molar-refractivity contribution in [3.8, 4) is 0 Å². The van der Waals surface area contributed by atoms with Crippen molar-refractivity contribution in [2.24, 2.45) is 0 Å². The Hall–Kier alpha value is -1.86. The van der Waals surface area contributed by atoms with Crippen molar-refractivity contribution in [1.82, 2.24) is 9.55 Å². The Kier molecular flexibility index (Phi) is 3.11. The van der Waals surface area contributed by atoms with Crippen LogP contribution in [0.25, 0.3) is 11.0 Å². The molecule has 0 saturated heterocycles. The van der Waals surface area contributed by atoms with Crippen LogP contribution in [0.1, 0.15) is 19.4 Å². The van der Waals surface area contributed by atoms with Gasteiger partial charge >= 0.3 is 6.18 Å². The highest BCUT2D eigenvalue weighted by molar-refractivity contribution is 5.79. The van der Waals surface area contributed by atoms with E-state index in [1.165, 1.54) is 6.92 Å². The lowest BCUT2D eigenvalue weighted by Gasteiger charge is -2.17. The van der Waals surface area contributed by atoms with Crippen molar-refractivity contribution < 1.29 is 22.0 Å². The first-order valence-electron chi connectivity index (χ1n) is 5.38. The van der Waals surface area contributed by atoms with E-state index in [1.807, 2.05) is 0 Å². The number of hydrogen-bond donors (Lipinski definition) is 1. The van der Waals surface area contributed by atoms with E-state index in [-0.39, 0.29) is 17.0 Å². The van der Waals surface area contributed by atoms with Gasteiger partial charge in [0.1, 0.15) is 11.3 Å². The molecule has 0 fully saturated rings. The summed E-state index contributed by atoms with van der Waals surface area (Å²) in [6, 6.07) is 0.411. The van der Waals surface area contributed by atoms with Gasteiger partial charge in [-0.15, -0.1) is 0 Å². The predicted molar refractivity (Wildman–Crippen MR) is 59.4 cm³/mol. The van der Waals surface area contributed by atoms with E-state index < -0.39 is 30.3 Å². The normalized spacial score (nSPS) is 14.0. The number of aromatic nitrogens is 2. The van der Waals surface area contributed by atoms with Gasteiger partial charge in [0.15, 0.2) is 5.82 Å². The van der Waals surface area contributed by atoms with E-state index in [2.05, 4.69) is 4.98 Å². The molecule has 19 heavy (non-hydrogen) atoms. The first-order valence-corrected chi connectivity index (χ1v) is 5.38. The largest absolute Gasteiger partial charge is 0.391 e. The number of benzene rings is 1. The van der Waals surface area contributed by atoms with Gasteiger partial charge in [-0.25, -0.2) is 13.8 Å². The van der Waals surface area contributed by atoms with Crippen LogP contribution in [-0.2, 0) is 0 Å². The fourth-order valence-electron chi connectivity index (χ4n) is 2.03. The third-order valence-electron chi connectivity index (χ3n) is 2.71. The number of nitrogen functional groups attached to an aromatic ring is 1. The molecule has 0 amide bonds. The minimum Gasteiger partial charge on any atom is -0.369 e. The van der Waals surface area contributed by atoms with Crippen LogP contribution in [-0.4, -0.2) is 15.7 Å². The zero-order valence-electron chi connectivity index (χ0n) is 9.80. The average Bonchev–Trinajstić information content (AvgIpc) is 2.52. The number of nitrogens with zero attached hydrogens (tertiary/aromatic N) is 2. The number of hydrogen-bond acceptors (Lipinski definition) is 2. The van der Waals surface area contributed by atoms with Gasteiger partial charge in [0.25, 0.3) is 0 Å². The second-order valence-electron chi connectivity index (χ2n) is 4.26. The van der Waals surface area contributed by atoms with E-state index >= 15 is 0 Å². The maximum atomic E-state index is 13.4. The third kappa shape index (κ3) is 2.61. The first kappa shape index (κ1) is 13.6. The topological polar surface area (TPSA) is 43.8 Å². The number of alkyl halides is 3. The van der Waals surface area contributed by atoms with Gasteiger partial charge < -0.3 is 10.3 Å². The second kappa shape index (κ2) is 4.36. The monoisotopic (exact) mass is 279 g/mol. The lowest BCUT2D eigenvalue weighted by atomic mass is 10.2. The van der Waals surface area contributed by atoms with Crippen LogP contribution in [0.2, 0.25) is 0 Å². The molecule has 0 radical (unpaired) electrons. The summed E-state index contributed by atoms with van der Waals surface area (Å²) in [4.78, 5) is 3.64. The van der Waals surface area contributed by atoms with Crippen LogP contribution in [0.15, 0.2) is 12.1 Å². The SMILES string of the molecule is CC(CC(F)(F)F)n1c(N)nc2c(F)cc(F)cc21. The van der Waals surface area contributed by atoms with E-state index in [1.54, 1.807) is 0 Å². The van der Waals surface area contributed by atoms with Crippen molar-refractivity contribution in [2.75, 3.05) is 5.73 Å². The highest BCUT2D eigenvalue weighted by atomic mass is 19.4. The Balaban J connectivity index is 2.57. The van der Waals surface area contributed by atoms with Crippen molar-refractivity contribution in [1.29, 1.82) is 0 Å². The van der Waals surface area contributed by atoms with Crippen molar-refractivity contribution in [3.63, 3.8) is 0 Å². The maximum Gasteiger partial charge on any atom is 0.391 e. The molecule has 0 aliphatic heterocycles. The molecule has 2 aromatic rings. The molecule has 0 bridgehead atoms. The average molecular weight is 279 g/mol. The van der Waals surface area contributed by atoms with Gasteiger partial charge in [0, 0.05) is 18.2 Å². The van der Waals surface area contributed by atoms with Gasteiger partial charge in [0.05, 0.1) is 11.9 Å². The Bertz CT molecular complexity index is 617. The van der Waals surface area contributed by atoms with Crippen LogP contribution >= 0.6 is 0 Å². The molecular formula is C11H10F5N3. The summed E-state index contributed by atoms with van der Waals surface area (Å²) in [5.74, 6) is -2.14. The Morgan fingerprint density at radius 1 is 1.32 bits per heavy atom. The fourth-order valence-corrected chi connectivity index (χ4v) is 2.03. The molecule has 1 heterocycles. The molecule has 1 aromatic heterocycles. The minimum absolute atomic E-state index is 0.0910. The molecular weight excluding hydrogens is 269 g/mol. The number of halogens is 5. The molecule has 2 rings (SSSR count). The van der Waals surface area contributed by atoms with Gasteiger partial charge in [-0.2, -0.15) is 13.2 Å². The molecule has 104 valence electrons. The van der Waals surface area contributed by atoms with Crippen LogP contribution in [0.3, 0.4) is 0 Å². The summed E-state index contributed by atoms with van der Waals surface area (Å²) in [6.45, 7) is 1.26. The van der Waals surface area contributed by atoms with Crippen LogP contribution < -0.4 is 5.73 Å². The molecule has 8 heteroatoms. The molecule has 2 N–H and O–H groups in total. The summed E-state index contributed by atoms with van der Waals surface area (Å²) in [6.07, 6.45) is -5.57. The zero-order valence-corrected chi connectivity index (χ0v) is 9.80. The minimum atomic E-state index is -4.41. The summed E-state index contributed by atoms with van der Waals surface area (Å²) >= 11 is 0. The Morgan fingerprint density at radius 2 is 1.95 bits per heavy atom. The first-order chi connectivity index (χ1) is 8.69. The summed E-state index contributed by atoms with van der Waals surface area (Å²) in [5.41, 5.74) is 5.15. The number of nitrogens with two attached hydrogens (primary N) is 1. The standard InChI is InChI=1S/C11H10F5N3/c1-5(4-11(14,15)16)19-8-3-6(12)2-7(13)9(8)18-10(19)17/h2-3,5H,4H2,1H3,(H2,17,18). The summed E-state index contributed by atoms with van der Waals surface area (Å²) in [7, 11) is 0. The van der Waals surface area contributed by atoms with Crippen LogP contribution in [0.4, 0.5) is 27.9 Å². The predicted octanol–water partition coefficient (Wildman–Crippen LogP) is 3.41. The molecule has 1 atom stereocenters. The third-order valence-corrected chi connectivity index (χ3v) is 2.71. The summed E-state index contributed by atoms with van der Waals surface area (Å²) < 4.78 is 64.7. The molecule has 0 aliphatic rings. The van der Waals surface area contributed by atoms with E-state index in [9.17, 15) is 22.0 Å². The molecule has 0 aliphatic carbocycles. The highest BCUT2D eigenvalue weighted by Gasteiger charge is 2.32. The number of imidazole rings is 1. The van der Waals surface area contributed by atoms with Crippen molar-refractivity contribution in [3.05, 3.63) is 23.8 Å². The molecule has 1 aromatic carbocycles. The smallest absolute Gasteiger partial charge is 0.369 e. The van der Waals surface area contributed by atoms with E-state index in [0.29, 0.717) is 6.07 Å². The van der Waals surface area contributed by atoms with Crippen LogP contribution in [0.5, 0.6) is 0 Å². The molecule has 3 nitrogen and oxygen atoms in total. The van der Waals surface area contributed by atoms with Gasteiger partial charge in [-0.3, -0.25) is 0 Å². The molecule has 0 spiro atoms.